The van der Waals surface area contributed by atoms with Gasteiger partial charge in [-0.1, -0.05) is 32.0 Å². The van der Waals surface area contributed by atoms with Crippen LogP contribution in [0.5, 0.6) is 0 Å². The molecule has 0 unspecified atom stereocenters. The van der Waals surface area contributed by atoms with E-state index < -0.39 is 10.0 Å². The molecule has 94 valence electrons. The van der Waals surface area contributed by atoms with Gasteiger partial charge in [0.2, 0.25) is 0 Å². The summed E-state index contributed by atoms with van der Waals surface area (Å²) >= 11 is 0. The average molecular weight is 254 g/mol. The quantitative estimate of drug-likeness (QED) is 0.626. The van der Waals surface area contributed by atoms with E-state index in [0.29, 0.717) is 5.92 Å². The molecule has 0 atom stereocenters. The predicted molar refractivity (Wildman–Crippen MR) is 69.3 cm³/mol. The standard InChI is InChI=1S/C12H18N2O2S/c1-3-11(4-2)10-13-14-17(15,16)12-8-6-5-7-9-12/h5-11,14H,3-4H2,1-2H3/b13-10+. The van der Waals surface area contributed by atoms with Crippen LogP contribution in [0.1, 0.15) is 26.7 Å². The maximum Gasteiger partial charge on any atom is 0.276 e. The summed E-state index contributed by atoms with van der Waals surface area (Å²) in [6.07, 6.45) is 3.56. The first kappa shape index (κ1) is 13.7. The zero-order valence-corrected chi connectivity index (χ0v) is 10.9. The Balaban J connectivity index is 2.69. The van der Waals surface area contributed by atoms with E-state index in [-0.39, 0.29) is 4.90 Å². The average Bonchev–Trinajstić information content (AvgIpc) is 2.36. The number of rotatable bonds is 6. The molecule has 0 fully saturated rings. The summed E-state index contributed by atoms with van der Waals surface area (Å²) in [7, 11) is -3.52. The van der Waals surface area contributed by atoms with Crippen LogP contribution in [0.3, 0.4) is 0 Å². The molecule has 4 nitrogen and oxygen atoms in total. The van der Waals surface area contributed by atoms with Crippen molar-refractivity contribution in [3.63, 3.8) is 0 Å². The topological polar surface area (TPSA) is 58.5 Å². The number of sulfonamides is 1. The Labute approximate surface area is 103 Å². The zero-order valence-electron chi connectivity index (χ0n) is 10.1. The molecule has 0 bridgehead atoms. The molecule has 0 saturated heterocycles. The molecule has 0 spiro atoms. The number of nitrogens with one attached hydrogen (secondary N) is 1. The fraction of sp³-hybridized carbons (Fsp3) is 0.417. The molecular formula is C12H18N2O2S. The maximum atomic E-state index is 11.8. The molecule has 5 heteroatoms. The fourth-order valence-electron chi connectivity index (χ4n) is 1.36. The van der Waals surface area contributed by atoms with Gasteiger partial charge in [-0.25, -0.2) is 4.83 Å². The lowest BCUT2D eigenvalue weighted by Gasteiger charge is -2.05. The predicted octanol–water partition coefficient (Wildman–Crippen LogP) is 2.39. The Bertz CT molecular complexity index is 451. The van der Waals surface area contributed by atoms with Crippen LogP contribution in [0.15, 0.2) is 40.3 Å². The van der Waals surface area contributed by atoms with Gasteiger partial charge in [0.25, 0.3) is 10.0 Å². The third-order valence-electron chi connectivity index (χ3n) is 2.56. The maximum absolute atomic E-state index is 11.8. The zero-order chi connectivity index (χ0) is 12.7. The van der Waals surface area contributed by atoms with Gasteiger partial charge in [0.1, 0.15) is 0 Å². The van der Waals surface area contributed by atoms with Crippen LogP contribution < -0.4 is 4.83 Å². The Hall–Kier alpha value is -1.36. The Morgan fingerprint density at radius 1 is 1.24 bits per heavy atom. The molecule has 0 aliphatic heterocycles. The van der Waals surface area contributed by atoms with E-state index in [0.717, 1.165) is 12.8 Å². The molecule has 17 heavy (non-hydrogen) atoms. The van der Waals surface area contributed by atoms with E-state index in [1.54, 1.807) is 24.4 Å². The fourth-order valence-corrected chi connectivity index (χ4v) is 2.18. The van der Waals surface area contributed by atoms with Crippen molar-refractivity contribution in [2.24, 2.45) is 11.0 Å². The second-order valence-corrected chi connectivity index (χ2v) is 5.42. The van der Waals surface area contributed by atoms with Crippen molar-refractivity contribution in [1.29, 1.82) is 0 Å². The van der Waals surface area contributed by atoms with Gasteiger partial charge in [-0.2, -0.15) is 13.5 Å². The van der Waals surface area contributed by atoms with Gasteiger partial charge in [0.15, 0.2) is 0 Å². The summed E-state index contributed by atoms with van der Waals surface area (Å²) in [5, 5.41) is 3.80. The summed E-state index contributed by atoms with van der Waals surface area (Å²) in [5.41, 5.74) is 0. The third-order valence-corrected chi connectivity index (χ3v) is 3.80. The van der Waals surface area contributed by atoms with Gasteiger partial charge in [0.05, 0.1) is 4.90 Å². The van der Waals surface area contributed by atoms with Crippen LogP contribution in [0, 0.1) is 5.92 Å². The number of hydrogen-bond donors (Lipinski definition) is 1. The first-order chi connectivity index (χ1) is 8.10. The Morgan fingerprint density at radius 2 is 1.82 bits per heavy atom. The highest BCUT2D eigenvalue weighted by Crippen LogP contribution is 2.07. The smallest absolute Gasteiger partial charge is 0.200 e. The molecule has 0 amide bonds. The minimum Gasteiger partial charge on any atom is -0.200 e. The van der Waals surface area contributed by atoms with Crippen molar-refractivity contribution in [2.75, 3.05) is 0 Å². The van der Waals surface area contributed by atoms with Crippen LogP contribution in [0.2, 0.25) is 0 Å². The monoisotopic (exact) mass is 254 g/mol. The highest BCUT2D eigenvalue weighted by atomic mass is 32.2. The van der Waals surface area contributed by atoms with Crippen molar-refractivity contribution in [3.8, 4) is 0 Å². The van der Waals surface area contributed by atoms with E-state index in [2.05, 4.69) is 9.93 Å². The minimum absolute atomic E-state index is 0.224. The second kappa shape index (κ2) is 6.39. The van der Waals surface area contributed by atoms with Gasteiger partial charge in [-0.3, -0.25) is 0 Å². The Morgan fingerprint density at radius 3 is 2.35 bits per heavy atom. The third kappa shape index (κ3) is 4.19. The van der Waals surface area contributed by atoms with E-state index in [4.69, 9.17) is 0 Å². The summed E-state index contributed by atoms with van der Waals surface area (Å²) in [4.78, 5) is 2.44. The molecule has 1 aromatic carbocycles. The molecule has 0 aliphatic carbocycles. The van der Waals surface area contributed by atoms with Crippen LogP contribution in [0.4, 0.5) is 0 Å². The lowest BCUT2D eigenvalue weighted by molar-refractivity contribution is 0.583. The van der Waals surface area contributed by atoms with Crippen molar-refractivity contribution in [3.05, 3.63) is 30.3 Å². The molecule has 0 heterocycles. The van der Waals surface area contributed by atoms with Crippen molar-refractivity contribution in [2.45, 2.75) is 31.6 Å². The SMILES string of the molecule is CCC(/C=N/NS(=O)(=O)c1ccccc1)CC. The molecule has 1 rings (SSSR count). The summed E-state index contributed by atoms with van der Waals surface area (Å²) < 4.78 is 23.5. The normalized spacial score (nSPS) is 12.2. The lowest BCUT2D eigenvalue weighted by atomic mass is 10.1. The van der Waals surface area contributed by atoms with Crippen LogP contribution in [-0.4, -0.2) is 14.6 Å². The van der Waals surface area contributed by atoms with Gasteiger partial charge in [0, 0.05) is 6.21 Å². The molecule has 1 N–H and O–H groups in total. The Kier molecular flexibility index (Phi) is 5.15. The summed E-state index contributed by atoms with van der Waals surface area (Å²) in [6.45, 7) is 4.10. The highest BCUT2D eigenvalue weighted by molar-refractivity contribution is 7.89. The molecule has 1 aromatic rings. The van der Waals surface area contributed by atoms with Crippen LogP contribution >= 0.6 is 0 Å². The number of hydrogen-bond acceptors (Lipinski definition) is 3. The van der Waals surface area contributed by atoms with E-state index >= 15 is 0 Å². The molecular weight excluding hydrogens is 236 g/mol. The van der Waals surface area contributed by atoms with Gasteiger partial charge in [-0.05, 0) is 30.9 Å². The first-order valence-corrected chi connectivity index (χ1v) is 7.18. The van der Waals surface area contributed by atoms with Crippen molar-refractivity contribution >= 4 is 16.2 Å². The second-order valence-electron chi connectivity index (χ2n) is 3.76. The molecule has 0 radical (unpaired) electrons. The minimum atomic E-state index is -3.52. The van der Waals surface area contributed by atoms with Crippen LogP contribution in [0.25, 0.3) is 0 Å². The van der Waals surface area contributed by atoms with E-state index in [1.807, 2.05) is 13.8 Å². The lowest BCUT2D eigenvalue weighted by Crippen LogP contribution is -2.19. The summed E-state index contributed by atoms with van der Waals surface area (Å²) in [5.74, 6) is 0.313. The van der Waals surface area contributed by atoms with Crippen molar-refractivity contribution in [1.82, 2.24) is 4.83 Å². The van der Waals surface area contributed by atoms with Gasteiger partial charge < -0.3 is 0 Å². The number of benzene rings is 1. The van der Waals surface area contributed by atoms with Crippen molar-refractivity contribution < 1.29 is 8.42 Å². The van der Waals surface area contributed by atoms with E-state index in [1.165, 1.54) is 12.1 Å². The van der Waals surface area contributed by atoms with E-state index in [9.17, 15) is 8.42 Å². The van der Waals surface area contributed by atoms with Gasteiger partial charge >= 0.3 is 0 Å². The van der Waals surface area contributed by atoms with Crippen LogP contribution in [-0.2, 0) is 10.0 Å². The van der Waals surface area contributed by atoms with Gasteiger partial charge in [-0.15, -0.1) is 0 Å². The summed E-state index contributed by atoms with van der Waals surface area (Å²) in [6, 6.07) is 8.20. The molecule has 0 aliphatic rings. The molecule has 0 aromatic heterocycles. The largest absolute Gasteiger partial charge is 0.276 e. The first-order valence-electron chi connectivity index (χ1n) is 5.70. The molecule has 0 saturated carbocycles. The number of nitrogens with zero attached hydrogens (tertiary/aromatic N) is 1. The highest BCUT2D eigenvalue weighted by Gasteiger charge is 2.11. The number of hydrazone groups is 1.